The first-order chi connectivity index (χ1) is 8.77. The molecule has 0 aromatic heterocycles. The van der Waals surface area contributed by atoms with Crippen LogP contribution >= 0.6 is 15.9 Å². The Morgan fingerprint density at radius 3 is 2.44 bits per heavy atom. The van der Waals surface area contributed by atoms with Crippen LogP contribution < -0.4 is 0 Å². The smallest absolute Gasteiger partial charge is 0.0925 e. The Morgan fingerprint density at radius 1 is 1.11 bits per heavy atom. The van der Waals surface area contributed by atoms with Crippen molar-refractivity contribution in [2.75, 3.05) is 5.33 Å². The summed E-state index contributed by atoms with van der Waals surface area (Å²) in [6.07, 6.45) is 6.91. The Morgan fingerprint density at radius 2 is 1.83 bits per heavy atom. The molecule has 2 atom stereocenters. The monoisotopic (exact) mass is 312 g/mol. The van der Waals surface area contributed by atoms with E-state index in [9.17, 15) is 0 Å². The number of halogens is 1. The predicted octanol–water partition coefficient (Wildman–Crippen LogP) is 5.50. The molecule has 102 valence electrons. The minimum absolute atomic E-state index is 0.173. The molecule has 0 saturated heterocycles. The van der Waals surface area contributed by atoms with Gasteiger partial charge in [0.15, 0.2) is 0 Å². The van der Waals surface area contributed by atoms with Crippen molar-refractivity contribution >= 4 is 15.9 Å². The average molecular weight is 313 g/mol. The quantitative estimate of drug-likeness (QED) is 0.432. The normalized spacial score (nSPS) is 14.4. The molecule has 1 aromatic rings. The highest BCUT2D eigenvalue weighted by Crippen LogP contribution is 2.23. The molecule has 2 heteroatoms. The minimum atomic E-state index is 0.173. The lowest BCUT2D eigenvalue weighted by Gasteiger charge is -2.21. The van der Waals surface area contributed by atoms with E-state index in [4.69, 9.17) is 4.74 Å². The molecule has 0 bridgehead atoms. The molecular formula is C16H25BrO. The summed E-state index contributed by atoms with van der Waals surface area (Å²) in [7, 11) is 0. The van der Waals surface area contributed by atoms with E-state index in [1.807, 2.05) is 6.07 Å². The molecule has 18 heavy (non-hydrogen) atoms. The van der Waals surface area contributed by atoms with Crippen LogP contribution in [0, 0.1) is 0 Å². The van der Waals surface area contributed by atoms with Crippen molar-refractivity contribution < 1.29 is 4.74 Å². The Kier molecular flexibility index (Phi) is 8.36. The van der Waals surface area contributed by atoms with Crippen molar-refractivity contribution in [1.29, 1.82) is 0 Å². The number of ether oxygens (including phenoxy) is 1. The maximum absolute atomic E-state index is 6.12. The van der Waals surface area contributed by atoms with Crippen molar-refractivity contribution in [2.24, 2.45) is 0 Å². The number of hydrogen-bond donors (Lipinski definition) is 0. The van der Waals surface area contributed by atoms with Crippen molar-refractivity contribution in [1.82, 2.24) is 0 Å². The predicted molar refractivity (Wildman–Crippen MR) is 82.3 cm³/mol. The van der Waals surface area contributed by atoms with Crippen molar-refractivity contribution in [3.05, 3.63) is 35.9 Å². The van der Waals surface area contributed by atoms with Crippen LogP contribution in [0.2, 0.25) is 0 Å². The van der Waals surface area contributed by atoms with Gasteiger partial charge in [0.2, 0.25) is 0 Å². The first-order valence-electron chi connectivity index (χ1n) is 7.04. The molecule has 1 aromatic carbocycles. The maximum Gasteiger partial charge on any atom is 0.0925 e. The lowest BCUT2D eigenvalue weighted by molar-refractivity contribution is 0.00492. The van der Waals surface area contributed by atoms with Crippen LogP contribution in [0.5, 0.6) is 0 Å². The molecule has 0 amide bonds. The van der Waals surface area contributed by atoms with Gasteiger partial charge in [-0.05, 0) is 18.9 Å². The second-order valence-corrected chi connectivity index (χ2v) is 5.50. The maximum atomic E-state index is 6.12. The molecule has 1 rings (SSSR count). The summed E-state index contributed by atoms with van der Waals surface area (Å²) in [5.41, 5.74) is 1.26. The van der Waals surface area contributed by atoms with E-state index in [0.717, 1.165) is 11.8 Å². The molecule has 0 radical (unpaired) electrons. The number of rotatable bonds is 9. The molecule has 0 fully saturated rings. The summed E-state index contributed by atoms with van der Waals surface area (Å²) in [5, 5.41) is 0.857. The van der Waals surface area contributed by atoms with Crippen LogP contribution in [0.3, 0.4) is 0 Å². The van der Waals surface area contributed by atoms with Gasteiger partial charge in [-0.1, -0.05) is 78.9 Å². The topological polar surface area (TPSA) is 9.23 Å². The van der Waals surface area contributed by atoms with Crippen LogP contribution in [0.15, 0.2) is 30.3 Å². The second-order valence-electron chi connectivity index (χ2n) is 4.85. The van der Waals surface area contributed by atoms with Crippen molar-refractivity contribution in [3.63, 3.8) is 0 Å². The fourth-order valence-electron chi connectivity index (χ4n) is 2.08. The summed E-state index contributed by atoms with van der Waals surface area (Å²) >= 11 is 3.55. The van der Waals surface area contributed by atoms with Gasteiger partial charge >= 0.3 is 0 Å². The molecule has 2 unspecified atom stereocenters. The Bertz CT molecular complexity index is 299. The van der Waals surface area contributed by atoms with Gasteiger partial charge in [-0.3, -0.25) is 0 Å². The van der Waals surface area contributed by atoms with E-state index in [1.165, 1.54) is 31.2 Å². The van der Waals surface area contributed by atoms with Gasteiger partial charge in [0, 0.05) is 5.33 Å². The molecule has 0 heterocycles. The molecule has 0 aliphatic carbocycles. The fraction of sp³-hybridized carbons (Fsp3) is 0.625. The van der Waals surface area contributed by atoms with E-state index in [2.05, 4.69) is 54.0 Å². The molecule has 0 spiro atoms. The summed E-state index contributed by atoms with van der Waals surface area (Å²) in [4.78, 5) is 0. The van der Waals surface area contributed by atoms with Crippen LogP contribution in [-0.4, -0.2) is 11.4 Å². The van der Waals surface area contributed by atoms with E-state index in [0.29, 0.717) is 6.10 Å². The molecular weight excluding hydrogens is 288 g/mol. The van der Waals surface area contributed by atoms with Gasteiger partial charge in [0.1, 0.15) is 0 Å². The standard InChI is InChI=1S/C16H25BrO/c1-3-4-5-7-10-14(2)18-16(13-17)15-11-8-6-9-12-15/h6,8-9,11-12,14,16H,3-5,7,10,13H2,1-2H3. The van der Waals surface area contributed by atoms with Gasteiger partial charge in [0.25, 0.3) is 0 Å². The summed E-state index contributed by atoms with van der Waals surface area (Å²) < 4.78 is 6.12. The van der Waals surface area contributed by atoms with E-state index in [1.54, 1.807) is 0 Å². The molecule has 0 aliphatic heterocycles. The highest BCUT2D eigenvalue weighted by Gasteiger charge is 2.13. The molecule has 0 saturated carbocycles. The van der Waals surface area contributed by atoms with Gasteiger partial charge in [-0.25, -0.2) is 0 Å². The third kappa shape index (κ3) is 6.01. The molecule has 0 N–H and O–H groups in total. The highest BCUT2D eigenvalue weighted by molar-refractivity contribution is 9.09. The number of unbranched alkanes of at least 4 members (excludes halogenated alkanes) is 3. The van der Waals surface area contributed by atoms with Gasteiger partial charge in [-0.15, -0.1) is 0 Å². The average Bonchev–Trinajstić information content (AvgIpc) is 2.42. The Balaban J connectivity index is 2.34. The van der Waals surface area contributed by atoms with Crippen LogP contribution in [-0.2, 0) is 4.74 Å². The SMILES string of the molecule is CCCCCCC(C)OC(CBr)c1ccccc1. The molecule has 0 aliphatic rings. The van der Waals surface area contributed by atoms with Crippen LogP contribution in [0.4, 0.5) is 0 Å². The zero-order valence-electron chi connectivity index (χ0n) is 11.6. The number of hydrogen-bond acceptors (Lipinski definition) is 1. The lowest BCUT2D eigenvalue weighted by atomic mass is 10.1. The molecule has 1 nitrogen and oxygen atoms in total. The summed E-state index contributed by atoms with van der Waals surface area (Å²) in [6, 6.07) is 10.5. The largest absolute Gasteiger partial charge is 0.370 e. The van der Waals surface area contributed by atoms with Crippen LogP contribution in [0.1, 0.15) is 57.6 Å². The number of benzene rings is 1. The third-order valence-electron chi connectivity index (χ3n) is 3.17. The van der Waals surface area contributed by atoms with Crippen LogP contribution in [0.25, 0.3) is 0 Å². The van der Waals surface area contributed by atoms with Crippen molar-refractivity contribution in [3.8, 4) is 0 Å². The van der Waals surface area contributed by atoms with E-state index < -0.39 is 0 Å². The Labute approximate surface area is 120 Å². The lowest BCUT2D eigenvalue weighted by Crippen LogP contribution is -2.14. The van der Waals surface area contributed by atoms with Gasteiger partial charge < -0.3 is 4.74 Å². The minimum Gasteiger partial charge on any atom is -0.370 e. The van der Waals surface area contributed by atoms with E-state index >= 15 is 0 Å². The van der Waals surface area contributed by atoms with E-state index in [-0.39, 0.29) is 6.10 Å². The fourth-order valence-corrected chi connectivity index (χ4v) is 2.61. The number of alkyl halides is 1. The highest BCUT2D eigenvalue weighted by atomic mass is 79.9. The van der Waals surface area contributed by atoms with Gasteiger partial charge in [0.05, 0.1) is 12.2 Å². The zero-order valence-corrected chi connectivity index (χ0v) is 13.2. The summed E-state index contributed by atoms with van der Waals surface area (Å²) in [6.45, 7) is 4.43. The third-order valence-corrected chi connectivity index (χ3v) is 3.76. The first-order valence-corrected chi connectivity index (χ1v) is 8.16. The van der Waals surface area contributed by atoms with Gasteiger partial charge in [-0.2, -0.15) is 0 Å². The zero-order chi connectivity index (χ0) is 13.2. The second kappa shape index (κ2) is 9.57. The first kappa shape index (κ1) is 15.7. The van der Waals surface area contributed by atoms with Crippen molar-refractivity contribution in [2.45, 2.75) is 58.2 Å². The summed E-state index contributed by atoms with van der Waals surface area (Å²) in [5.74, 6) is 0. The Hall–Kier alpha value is -0.340.